The SMILES string of the molecule is c1ccc(-c2ccc(-c3cccc(-c4ccc(-c5ccccc5)cc4)c3-c3cc4cc(-c5c(-c6ccccc6)cccc5-c5ccccc5)cc5c6cc(-c7c(-c8ccc(-c9ccccc9)cc8)cccc7-c7ccc(-c8ccccc8)cc7)cc7cc(-c8c(-c9ccccc9)cccc8-c8ccccc8)cc(c(c3)c45)c76)cc2)cc1. The van der Waals surface area contributed by atoms with Crippen molar-refractivity contribution in [2.45, 2.75) is 0 Å². The van der Waals surface area contributed by atoms with Gasteiger partial charge in [0, 0.05) is 0 Å². The summed E-state index contributed by atoms with van der Waals surface area (Å²) in [5.74, 6) is 0. The molecule has 116 heavy (non-hydrogen) atoms. The van der Waals surface area contributed by atoms with Crippen LogP contribution in [0.2, 0.25) is 0 Å². The van der Waals surface area contributed by atoms with Crippen LogP contribution in [-0.2, 0) is 0 Å². The van der Waals surface area contributed by atoms with E-state index >= 15 is 0 Å². The maximum Gasteiger partial charge on any atom is -0.00255 e. The Morgan fingerprint density at radius 3 is 0.405 bits per heavy atom. The van der Waals surface area contributed by atoms with Gasteiger partial charge in [0.1, 0.15) is 0 Å². The Morgan fingerprint density at radius 1 is 0.0948 bits per heavy atom. The minimum Gasteiger partial charge on any atom is -0.0622 e. The summed E-state index contributed by atoms with van der Waals surface area (Å²) in [6.45, 7) is 0. The third-order valence-corrected chi connectivity index (χ3v) is 23.6. The van der Waals surface area contributed by atoms with Crippen LogP contribution in [-0.4, -0.2) is 0 Å². The van der Waals surface area contributed by atoms with E-state index < -0.39 is 0 Å². The zero-order valence-electron chi connectivity index (χ0n) is 63.9. The highest BCUT2D eigenvalue weighted by atomic mass is 14.3. The minimum atomic E-state index is 1.13. The molecule has 0 radical (unpaired) electrons. The number of hydrogen-bond donors (Lipinski definition) is 0. The van der Waals surface area contributed by atoms with Crippen LogP contribution >= 0.6 is 0 Å². The largest absolute Gasteiger partial charge is 0.0622 e. The molecule has 0 spiro atoms. The molecule has 0 aliphatic rings. The van der Waals surface area contributed by atoms with Crippen LogP contribution < -0.4 is 0 Å². The van der Waals surface area contributed by atoms with Gasteiger partial charge in [0.25, 0.3) is 0 Å². The molecule has 540 valence electrons. The lowest BCUT2D eigenvalue weighted by atomic mass is 9.79. The van der Waals surface area contributed by atoms with Gasteiger partial charge >= 0.3 is 0 Å². The zero-order valence-corrected chi connectivity index (χ0v) is 63.9. The molecule has 0 nitrogen and oxygen atoms in total. The first-order valence-corrected chi connectivity index (χ1v) is 40.2. The van der Waals surface area contributed by atoms with Crippen LogP contribution in [0.15, 0.2) is 461 Å². The van der Waals surface area contributed by atoms with E-state index in [9.17, 15) is 0 Å². The van der Waals surface area contributed by atoms with Gasteiger partial charge in [-0.15, -0.1) is 0 Å². The Labute approximate surface area is 677 Å². The fraction of sp³-hybridized carbons (Fsp3) is 0. The van der Waals surface area contributed by atoms with Crippen LogP contribution in [0.25, 0.3) is 221 Å². The number of benzene rings is 21. The maximum atomic E-state index is 2.57. The summed E-state index contributed by atoms with van der Waals surface area (Å²) < 4.78 is 0. The van der Waals surface area contributed by atoms with E-state index in [1.165, 1.54) is 121 Å². The topological polar surface area (TPSA) is 0 Å². The van der Waals surface area contributed by atoms with Crippen molar-refractivity contribution >= 4 is 43.1 Å². The average Bonchev–Trinajstić information content (AvgIpc) is 0.698. The molecule has 0 aliphatic carbocycles. The van der Waals surface area contributed by atoms with E-state index in [1.807, 2.05) is 0 Å². The predicted molar refractivity (Wildman–Crippen MR) is 495 cm³/mol. The van der Waals surface area contributed by atoms with Crippen molar-refractivity contribution in [3.8, 4) is 178 Å². The van der Waals surface area contributed by atoms with E-state index in [2.05, 4.69) is 461 Å². The summed E-state index contributed by atoms with van der Waals surface area (Å²) in [5.41, 5.74) is 37.1. The van der Waals surface area contributed by atoms with Gasteiger partial charge in [-0.1, -0.05) is 413 Å². The molecule has 0 N–H and O–H groups in total. The second-order valence-corrected chi connectivity index (χ2v) is 30.4. The van der Waals surface area contributed by atoms with Crippen molar-refractivity contribution in [3.63, 3.8) is 0 Å². The molecule has 0 heteroatoms. The summed E-state index contributed by atoms with van der Waals surface area (Å²) >= 11 is 0. The first kappa shape index (κ1) is 68.9. The number of rotatable bonds is 16. The molecule has 21 aromatic carbocycles. The Morgan fingerprint density at radius 2 is 0.233 bits per heavy atom. The van der Waals surface area contributed by atoms with E-state index in [-0.39, 0.29) is 0 Å². The average molecular weight is 1470 g/mol. The first-order valence-electron chi connectivity index (χ1n) is 40.2. The highest BCUT2D eigenvalue weighted by Crippen LogP contribution is 2.54. The van der Waals surface area contributed by atoms with Gasteiger partial charge in [-0.25, -0.2) is 0 Å². The molecule has 0 atom stereocenters. The molecule has 0 heterocycles. The Kier molecular flexibility index (Phi) is 17.7. The summed E-state index contributed by atoms with van der Waals surface area (Å²) in [6.07, 6.45) is 0. The summed E-state index contributed by atoms with van der Waals surface area (Å²) in [4.78, 5) is 0. The van der Waals surface area contributed by atoms with E-state index in [0.717, 1.165) is 99.8 Å². The third-order valence-electron chi connectivity index (χ3n) is 23.6. The van der Waals surface area contributed by atoms with Crippen LogP contribution in [0, 0.1) is 0 Å². The molecule has 21 aromatic rings. The van der Waals surface area contributed by atoms with E-state index in [4.69, 9.17) is 0 Å². The van der Waals surface area contributed by atoms with Gasteiger partial charge in [0.2, 0.25) is 0 Å². The molecular formula is C116H76. The summed E-state index contributed by atoms with van der Waals surface area (Å²) in [5, 5.41) is 9.44. The highest BCUT2D eigenvalue weighted by molar-refractivity contribution is 6.36. The second-order valence-electron chi connectivity index (χ2n) is 30.4. The van der Waals surface area contributed by atoms with Gasteiger partial charge in [-0.2, -0.15) is 0 Å². The van der Waals surface area contributed by atoms with Crippen LogP contribution in [0.5, 0.6) is 0 Å². The molecular weight excluding hydrogens is 1390 g/mol. The Hall–Kier alpha value is -15.1. The monoisotopic (exact) mass is 1470 g/mol. The van der Waals surface area contributed by atoms with E-state index in [1.54, 1.807) is 0 Å². The third kappa shape index (κ3) is 12.7. The maximum absolute atomic E-state index is 2.57. The molecule has 0 aromatic heterocycles. The molecule has 0 saturated carbocycles. The van der Waals surface area contributed by atoms with Crippen LogP contribution in [0.3, 0.4) is 0 Å². The first-order chi connectivity index (χ1) is 57.5. The lowest BCUT2D eigenvalue weighted by molar-refractivity contribution is 1.55. The van der Waals surface area contributed by atoms with Crippen molar-refractivity contribution in [2.24, 2.45) is 0 Å². The Balaban J connectivity index is 0.916. The fourth-order valence-corrected chi connectivity index (χ4v) is 18.2. The van der Waals surface area contributed by atoms with Crippen LogP contribution in [0.4, 0.5) is 0 Å². The van der Waals surface area contributed by atoms with Gasteiger partial charge < -0.3 is 0 Å². The van der Waals surface area contributed by atoms with Crippen molar-refractivity contribution in [3.05, 3.63) is 461 Å². The lowest BCUT2D eigenvalue weighted by Crippen LogP contribution is -1.97. The number of hydrogen-bond acceptors (Lipinski definition) is 0. The smallest absolute Gasteiger partial charge is 0.00255 e. The molecule has 0 aliphatic heterocycles. The molecule has 0 amide bonds. The summed E-state index contributed by atoms with van der Waals surface area (Å²) in [6, 6.07) is 172. The quantitative estimate of drug-likeness (QED) is 0.0668. The number of fused-ring (bicyclic) bond motifs is 2. The lowest BCUT2D eigenvalue weighted by Gasteiger charge is -2.24. The summed E-state index contributed by atoms with van der Waals surface area (Å²) in [7, 11) is 0. The zero-order chi connectivity index (χ0) is 76.8. The second kappa shape index (κ2) is 29.9. The van der Waals surface area contributed by atoms with Crippen molar-refractivity contribution in [1.82, 2.24) is 0 Å². The molecule has 0 saturated heterocycles. The molecule has 21 rings (SSSR count). The van der Waals surface area contributed by atoms with Crippen molar-refractivity contribution in [2.75, 3.05) is 0 Å². The highest BCUT2D eigenvalue weighted by Gasteiger charge is 2.27. The van der Waals surface area contributed by atoms with Gasteiger partial charge in [-0.3, -0.25) is 0 Å². The molecule has 0 fully saturated rings. The van der Waals surface area contributed by atoms with Crippen LogP contribution in [0.1, 0.15) is 0 Å². The normalized spacial score (nSPS) is 11.4. The molecule has 0 bridgehead atoms. The van der Waals surface area contributed by atoms with Crippen molar-refractivity contribution < 1.29 is 0 Å². The molecule has 0 unspecified atom stereocenters. The van der Waals surface area contributed by atoms with Gasteiger partial charge in [-0.05, 0) is 270 Å². The fourth-order valence-electron chi connectivity index (χ4n) is 18.2. The van der Waals surface area contributed by atoms with E-state index in [0.29, 0.717) is 0 Å². The standard InChI is InChI=1S/C116H76/c1-9-29-77(30-10-1)81-53-61-89(62-54-81)103-49-27-50-104(90-63-55-82(56-64-90)78-31-11-2-12-32-78)113(103)97-71-93-69-95(111-99(85-37-17-5-18-38-85)45-25-46-100(111)86-39-19-6-20-40-86)74-108-110-76-98(114-105(91-65-57-83(58-66-91)79-33-13-3-14-34-79)51-28-52-106(114)92-67-59-84(60-68-92)80-35-15-4-16-36-80)72-94-70-96(73-107(116(94)110)109(75-97)115(93)108)112-101(87-41-21-7-22-42-87)47-26-48-102(112)88-43-23-8-24-44-88/h1-76H. The van der Waals surface area contributed by atoms with Gasteiger partial charge in [0.15, 0.2) is 0 Å². The minimum absolute atomic E-state index is 1.13. The van der Waals surface area contributed by atoms with Crippen molar-refractivity contribution in [1.29, 1.82) is 0 Å². The van der Waals surface area contributed by atoms with Gasteiger partial charge in [0.05, 0.1) is 0 Å². The predicted octanol–water partition coefficient (Wildman–Crippen LogP) is 32.4. The Bertz CT molecular complexity index is 6410.